The molecular formula is C5H5NOS2. The number of hydrogen-bond donors (Lipinski definition) is 1. The Labute approximate surface area is 62.7 Å². The van der Waals surface area contributed by atoms with Gasteiger partial charge in [-0.1, -0.05) is 30.1 Å². The largest absolute Gasteiger partial charge is 0.307 e. The van der Waals surface area contributed by atoms with Crippen molar-refractivity contribution < 1.29 is 4.79 Å². The molecule has 1 aliphatic rings. The molecular weight excluding hydrogens is 154 g/mol. The molecule has 0 unspecified atom stereocenters. The lowest BCUT2D eigenvalue weighted by molar-refractivity contribution is -0.115. The second-order valence-electron chi connectivity index (χ2n) is 1.50. The summed E-state index contributed by atoms with van der Waals surface area (Å²) < 4.78 is 0.549. The first-order valence-corrected chi connectivity index (χ1v) is 3.66. The van der Waals surface area contributed by atoms with Crippen molar-refractivity contribution in [2.24, 2.45) is 0 Å². The number of amides is 1. The molecule has 0 saturated carbocycles. The van der Waals surface area contributed by atoms with E-state index in [2.05, 4.69) is 5.32 Å². The van der Waals surface area contributed by atoms with Crippen molar-refractivity contribution >= 4 is 34.2 Å². The van der Waals surface area contributed by atoms with Crippen LogP contribution in [0.2, 0.25) is 0 Å². The first kappa shape index (κ1) is 6.77. The van der Waals surface area contributed by atoms with Gasteiger partial charge in [0, 0.05) is 0 Å². The third-order valence-electron chi connectivity index (χ3n) is 0.904. The fraction of sp³-hybridized carbons (Fsp3) is 0.200. The summed E-state index contributed by atoms with van der Waals surface area (Å²) >= 11 is 6.04. The Morgan fingerprint density at radius 3 is 2.67 bits per heavy atom. The Bertz CT molecular complexity index is 197. The number of thiocarbonyl (C=S) groups is 1. The number of nitrogens with one attached hydrogen (secondary N) is 1. The third kappa shape index (κ3) is 1.31. The first-order valence-electron chi connectivity index (χ1n) is 2.43. The molecule has 1 amide bonds. The predicted octanol–water partition coefficient (Wildman–Crippen LogP) is 1.04. The standard InChI is InChI=1S/C5H5NOS2/c1-2-3-4(7)6-5(8)9-3/h2H,1H3,(H,6,7,8)/b3-2+. The number of hydrogen-bond acceptors (Lipinski definition) is 3. The maximum atomic E-state index is 10.7. The zero-order valence-corrected chi connectivity index (χ0v) is 6.44. The average Bonchev–Trinajstić information content (AvgIpc) is 2.10. The summed E-state index contributed by atoms with van der Waals surface area (Å²) in [4.78, 5) is 11.4. The van der Waals surface area contributed by atoms with Crippen LogP contribution in [0.5, 0.6) is 0 Å². The summed E-state index contributed by atoms with van der Waals surface area (Å²) in [7, 11) is 0. The zero-order valence-electron chi connectivity index (χ0n) is 4.80. The molecule has 0 atom stereocenters. The molecule has 1 heterocycles. The summed E-state index contributed by atoms with van der Waals surface area (Å²) in [6.07, 6.45) is 1.75. The van der Waals surface area contributed by atoms with E-state index in [4.69, 9.17) is 12.2 Å². The fourth-order valence-electron chi connectivity index (χ4n) is 0.516. The summed E-state index contributed by atoms with van der Waals surface area (Å²) in [5.74, 6) is -0.0764. The van der Waals surface area contributed by atoms with Gasteiger partial charge in [0.1, 0.15) is 4.32 Å². The highest BCUT2D eigenvalue weighted by atomic mass is 32.2. The monoisotopic (exact) mass is 159 g/mol. The highest BCUT2D eigenvalue weighted by Gasteiger charge is 2.20. The van der Waals surface area contributed by atoms with Gasteiger partial charge in [-0.15, -0.1) is 0 Å². The number of carbonyl (C=O) groups is 1. The molecule has 9 heavy (non-hydrogen) atoms. The van der Waals surface area contributed by atoms with E-state index in [9.17, 15) is 4.79 Å². The van der Waals surface area contributed by atoms with Crippen molar-refractivity contribution in [1.29, 1.82) is 0 Å². The predicted molar refractivity (Wildman–Crippen MR) is 42.1 cm³/mol. The van der Waals surface area contributed by atoms with Crippen LogP contribution in [0.1, 0.15) is 6.92 Å². The summed E-state index contributed by atoms with van der Waals surface area (Å²) in [6.45, 7) is 1.82. The van der Waals surface area contributed by atoms with Gasteiger partial charge in [0.05, 0.1) is 4.91 Å². The van der Waals surface area contributed by atoms with Gasteiger partial charge in [0.25, 0.3) is 5.91 Å². The van der Waals surface area contributed by atoms with Gasteiger partial charge in [0.15, 0.2) is 0 Å². The van der Waals surface area contributed by atoms with Crippen LogP contribution in [-0.4, -0.2) is 10.2 Å². The molecule has 1 saturated heterocycles. The van der Waals surface area contributed by atoms with E-state index in [1.54, 1.807) is 6.08 Å². The van der Waals surface area contributed by atoms with Crippen LogP contribution in [0.4, 0.5) is 0 Å². The molecule has 1 fully saturated rings. The SMILES string of the molecule is C/C=C1/SC(=S)NC1=O. The summed E-state index contributed by atoms with van der Waals surface area (Å²) in [6, 6.07) is 0. The number of allylic oxidation sites excluding steroid dienone is 1. The van der Waals surface area contributed by atoms with Crippen LogP contribution in [0.15, 0.2) is 11.0 Å². The van der Waals surface area contributed by atoms with Crippen LogP contribution < -0.4 is 5.32 Å². The second-order valence-corrected chi connectivity index (χ2v) is 3.22. The van der Waals surface area contributed by atoms with Crippen molar-refractivity contribution in [3.05, 3.63) is 11.0 Å². The molecule has 1 rings (SSSR count). The quantitative estimate of drug-likeness (QED) is 0.423. The van der Waals surface area contributed by atoms with Gasteiger partial charge >= 0.3 is 0 Å². The fourth-order valence-corrected chi connectivity index (χ4v) is 1.48. The van der Waals surface area contributed by atoms with E-state index in [1.165, 1.54) is 11.8 Å². The number of rotatable bonds is 0. The van der Waals surface area contributed by atoms with Crippen molar-refractivity contribution in [2.45, 2.75) is 6.92 Å². The Hall–Kier alpha value is -0.350. The van der Waals surface area contributed by atoms with Crippen molar-refractivity contribution in [3.8, 4) is 0 Å². The first-order chi connectivity index (χ1) is 4.24. The number of carbonyl (C=O) groups excluding carboxylic acids is 1. The van der Waals surface area contributed by atoms with Gasteiger partial charge in [-0.3, -0.25) is 4.79 Å². The smallest absolute Gasteiger partial charge is 0.263 e. The van der Waals surface area contributed by atoms with Gasteiger partial charge in [-0.05, 0) is 6.92 Å². The molecule has 0 aliphatic carbocycles. The lowest BCUT2D eigenvalue weighted by atomic mass is 10.5. The molecule has 2 nitrogen and oxygen atoms in total. The van der Waals surface area contributed by atoms with Gasteiger partial charge in [0.2, 0.25) is 0 Å². The Kier molecular flexibility index (Phi) is 1.87. The second kappa shape index (κ2) is 2.49. The minimum atomic E-state index is -0.0764. The molecule has 0 aromatic carbocycles. The van der Waals surface area contributed by atoms with E-state index in [0.717, 1.165) is 0 Å². The molecule has 0 aromatic rings. The molecule has 0 spiro atoms. The normalized spacial score (nSPS) is 23.0. The van der Waals surface area contributed by atoms with E-state index < -0.39 is 0 Å². The van der Waals surface area contributed by atoms with E-state index in [-0.39, 0.29) is 5.91 Å². The van der Waals surface area contributed by atoms with Crippen LogP contribution in [0.25, 0.3) is 0 Å². The molecule has 1 N–H and O–H groups in total. The lowest BCUT2D eigenvalue weighted by Crippen LogP contribution is -2.17. The Balaban J connectivity index is 2.81. The summed E-state index contributed by atoms with van der Waals surface area (Å²) in [5, 5.41) is 2.50. The van der Waals surface area contributed by atoms with Crippen molar-refractivity contribution in [3.63, 3.8) is 0 Å². The highest BCUT2D eigenvalue weighted by Crippen LogP contribution is 2.22. The van der Waals surface area contributed by atoms with Crippen LogP contribution in [0.3, 0.4) is 0 Å². The number of thioether (sulfide) groups is 1. The van der Waals surface area contributed by atoms with Crippen LogP contribution >= 0.6 is 24.0 Å². The van der Waals surface area contributed by atoms with Gasteiger partial charge in [-0.2, -0.15) is 0 Å². The maximum Gasteiger partial charge on any atom is 0.263 e. The molecule has 1 aliphatic heterocycles. The maximum absolute atomic E-state index is 10.7. The average molecular weight is 159 g/mol. The molecule has 0 aromatic heterocycles. The zero-order chi connectivity index (χ0) is 6.85. The Morgan fingerprint density at radius 2 is 2.44 bits per heavy atom. The van der Waals surface area contributed by atoms with Crippen LogP contribution in [0, 0.1) is 0 Å². The summed E-state index contributed by atoms with van der Waals surface area (Å²) in [5.41, 5.74) is 0. The lowest BCUT2D eigenvalue weighted by Gasteiger charge is -1.82. The van der Waals surface area contributed by atoms with Gasteiger partial charge in [-0.25, -0.2) is 0 Å². The third-order valence-corrected chi connectivity index (χ3v) is 2.18. The Morgan fingerprint density at radius 1 is 1.78 bits per heavy atom. The molecule has 4 heteroatoms. The highest BCUT2D eigenvalue weighted by molar-refractivity contribution is 8.26. The molecule has 0 radical (unpaired) electrons. The topological polar surface area (TPSA) is 29.1 Å². The van der Waals surface area contributed by atoms with Crippen molar-refractivity contribution in [2.75, 3.05) is 0 Å². The molecule has 48 valence electrons. The van der Waals surface area contributed by atoms with Crippen LogP contribution in [-0.2, 0) is 4.79 Å². The molecule has 0 bridgehead atoms. The van der Waals surface area contributed by atoms with Crippen molar-refractivity contribution in [1.82, 2.24) is 5.32 Å². The van der Waals surface area contributed by atoms with Gasteiger partial charge < -0.3 is 5.32 Å². The minimum absolute atomic E-state index is 0.0764. The van der Waals surface area contributed by atoms with E-state index >= 15 is 0 Å². The van der Waals surface area contributed by atoms with E-state index in [0.29, 0.717) is 9.23 Å². The minimum Gasteiger partial charge on any atom is -0.307 e. The van der Waals surface area contributed by atoms with E-state index in [1.807, 2.05) is 6.92 Å².